The molecule has 0 saturated carbocycles. The Labute approximate surface area is 123 Å². The van der Waals surface area contributed by atoms with Crippen molar-refractivity contribution < 1.29 is 14.7 Å². The normalized spacial score (nSPS) is 11.6. The summed E-state index contributed by atoms with van der Waals surface area (Å²) in [5, 5.41) is 15.6. The van der Waals surface area contributed by atoms with Crippen molar-refractivity contribution in [3.8, 4) is 0 Å². The monoisotopic (exact) mass is 307 g/mol. The molecule has 2 rings (SSSR count). The number of urea groups is 1. The van der Waals surface area contributed by atoms with Gasteiger partial charge in [-0.25, -0.2) is 9.59 Å². The minimum Gasteiger partial charge on any atom is -0.479 e. The molecule has 0 aliphatic rings. The van der Waals surface area contributed by atoms with Crippen LogP contribution in [0.5, 0.6) is 0 Å². The van der Waals surface area contributed by atoms with Crippen molar-refractivity contribution in [2.75, 3.05) is 0 Å². The highest BCUT2D eigenvalue weighted by Crippen LogP contribution is 2.12. The molecule has 0 spiro atoms. The fourth-order valence-electron chi connectivity index (χ4n) is 1.69. The molecule has 0 bridgehead atoms. The van der Waals surface area contributed by atoms with Gasteiger partial charge in [-0.15, -0.1) is 0 Å². The van der Waals surface area contributed by atoms with E-state index >= 15 is 0 Å². The second-order valence-electron chi connectivity index (χ2n) is 4.18. The zero-order valence-corrected chi connectivity index (χ0v) is 11.6. The van der Waals surface area contributed by atoms with Crippen molar-refractivity contribution in [2.45, 2.75) is 12.6 Å². The summed E-state index contributed by atoms with van der Waals surface area (Å²) in [6.07, 6.45) is 0. The van der Waals surface area contributed by atoms with Crippen LogP contribution >= 0.6 is 11.3 Å². The lowest BCUT2D eigenvalue weighted by atomic mass is 10.1. The Hall–Kier alpha value is -2.61. The molecular weight excluding hydrogens is 294 g/mol. The fourth-order valence-corrected chi connectivity index (χ4v) is 2.27. The third kappa shape index (κ3) is 4.18. The first-order valence-corrected chi connectivity index (χ1v) is 6.93. The fraction of sp³-hybridized carbons (Fsp3) is 0.154. The number of aliphatic carboxylic acids is 1. The minimum atomic E-state index is -1.15. The molecule has 1 aromatic heterocycles. The highest BCUT2D eigenvalue weighted by Gasteiger charge is 2.21. The first kappa shape index (κ1) is 14.8. The summed E-state index contributed by atoms with van der Waals surface area (Å²) in [7, 11) is 0. The van der Waals surface area contributed by atoms with E-state index in [1.165, 1.54) is 0 Å². The molecule has 8 heteroatoms. The average Bonchev–Trinajstić information content (AvgIpc) is 2.89. The van der Waals surface area contributed by atoms with Gasteiger partial charge in [0.1, 0.15) is 0 Å². The number of rotatable bonds is 5. The van der Waals surface area contributed by atoms with Crippen LogP contribution in [0.25, 0.3) is 0 Å². The molecule has 2 aromatic rings. The Morgan fingerprint density at radius 3 is 2.57 bits per heavy atom. The second-order valence-corrected chi connectivity index (χ2v) is 5.02. The van der Waals surface area contributed by atoms with Crippen LogP contribution in [0.3, 0.4) is 0 Å². The van der Waals surface area contributed by atoms with Crippen molar-refractivity contribution in [3.05, 3.63) is 56.6 Å². The van der Waals surface area contributed by atoms with E-state index in [1.807, 2.05) is 0 Å². The number of thiazole rings is 1. The summed E-state index contributed by atoms with van der Waals surface area (Å²) in [4.78, 5) is 36.2. The molecule has 0 aliphatic heterocycles. The predicted molar refractivity (Wildman–Crippen MR) is 77.1 cm³/mol. The smallest absolute Gasteiger partial charge is 0.330 e. The van der Waals surface area contributed by atoms with Crippen molar-refractivity contribution in [1.82, 2.24) is 15.6 Å². The maximum atomic E-state index is 11.7. The lowest BCUT2D eigenvalue weighted by Gasteiger charge is -2.15. The van der Waals surface area contributed by atoms with E-state index in [0.717, 1.165) is 11.3 Å². The SMILES string of the molecule is O=C(NCc1csc(=O)[nH]1)N[C@H](C(=O)O)c1ccccc1. The Bertz CT molecular complexity index is 680. The number of hydrogen-bond donors (Lipinski definition) is 4. The van der Waals surface area contributed by atoms with Crippen molar-refractivity contribution in [1.29, 1.82) is 0 Å². The number of hydrogen-bond acceptors (Lipinski definition) is 4. The van der Waals surface area contributed by atoms with Crippen LogP contribution in [0.15, 0.2) is 40.5 Å². The van der Waals surface area contributed by atoms with Gasteiger partial charge in [-0.2, -0.15) is 0 Å². The van der Waals surface area contributed by atoms with E-state index in [4.69, 9.17) is 0 Å². The maximum Gasteiger partial charge on any atom is 0.330 e. The summed E-state index contributed by atoms with van der Waals surface area (Å²) in [6, 6.07) is 6.63. The number of H-pyrrole nitrogens is 1. The Morgan fingerprint density at radius 2 is 2.00 bits per heavy atom. The van der Waals surface area contributed by atoms with Crippen LogP contribution < -0.4 is 15.5 Å². The van der Waals surface area contributed by atoms with E-state index in [2.05, 4.69) is 15.6 Å². The van der Waals surface area contributed by atoms with Gasteiger partial charge in [-0.05, 0) is 5.56 Å². The Kier molecular flexibility index (Phi) is 4.72. The number of nitrogens with one attached hydrogen (secondary N) is 3. The number of aromatic nitrogens is 1. The van der Waals surface area contributed by atoms with Gasteiger partial charge < -0.3 is 20.7 Å². The molecule has 0 saturated heterocycles. The number of benzene rings is 1. The third-order valence-electron chi connectivity index (χ3n) is 2.67. The van der Waals surface area contributed by atoms with Gasteiger partial charge in [0.25, 0.3) is 0 Å². The number of carbonyl (C=O) groups is 2. The van der Waals surface area contributed by atoms with Crippen molar-refractivity contribution >= 4 is 23.3 Å². The molecule has 110 valence electrons. The number of aromatic amines is 1. The highest BCUT2D eigenvalue weighted by atomic mass is 32.1. The molecule has 1 atom stereocenters. The van der Waals surface area contributed by atoms with E-state index in [9.17, 15) is 19.5 Å². The predicted octanol–water partition coefficient (Wildman–Crippen LogP) is 1.06. The molecule has 21 heavy (non-hydrogen) atoms. The molecule has 0 unspecified atom stereocenters. The molecule has 4 N–H and O–H groups in total. The first-order chi connectivity index (χ1) is 10.1. The molecule has 1 heterocycles. The minimum absolute atomic E-state index is 0.117. The van der Waals surface area contributed by atoms with Gasteiger partial charge in [0.2, 0.25) is 0 Å². The summed E-state index contributed by atoms with van der Waals surface area (Å²) in [5.74, 6) is -1.15. The average molecular weight is 307 g/mol. The van der Waals surface area contributed by atoms with Crippen molar-refractivity contribution in [3.63, 3.8) is 0 Å². The maximum absolute atomic E-state index is 11.7. The van der Waals surface area contributed by atoms with Crippen LogP contribution in [-0.4, -0.2) is 22.1 Å². The summed E-state index contributed by atoms with van der Waals surface area (Å²) < 4.78 is 0. The molecular formula is C13H13N3O4S. The molecule has 2 amide bonds. The molecule has 0 fully saturated rings. The van der Waals surface area contributed by atoms with Gasteiger partial charge in [-0.1, -0.05) is 41.7 Å². The van der Waals surface area contributed by atoms with E-state index < -0.39 is 18.0 Å². The number of carboxylic acid groups (broad SMARTS) is 1. The Morgan fingerprint density at radius 1 is 1.29 bits per heavy atom. The largest absolute Gasteiger partial charge is 0.479 e. The first-order valence-electron chi connectivity index (χ1n) is 6.05. The number of amides is 2. The van der Waals surface area contributed by atoms with Gasteiger partial charge >= 0.3 is 16.9 Å². The van der Waals surface area contributed by atoms with E-state index in [-0.39, 0.29) is 11.4 Å². The molecule has 1 aromatic carbocycles. The van der Waals surface area contributed by atoms with Gasteiger partial charge in [0.15, 0.2) is 6.04 Å². The molecule has 0 aliphatic carbocycles. The third-order valence-corrected chi connectivity index (χ3v) is 3.38. The number of carbonyl (C=O) groups excluding carboxylic acids is 1. The van der Waals surface area contributed by atoms with E-state index in [0.29, 0.717) is 11.3 Å². The van der Waals surface area contributed by atoms with Crippen LogP contribution in [0.4, 0.5) is 4.79 Å². The van der Waals surface area contributed by atoms with Gasteiger partial charge in [0.05, 0.1) is 6.54 Å². The second kappa shape index (κ2) is 6.71. The summed E-state index contributed by atoms with van der Waals surface area (Å²) in [5.41, 5.74) is 1.04. The zero-order valence-electron chi connectivity index (χ0n) is 10.8. The van der Waals surface area contributed by atoms with Gasteiger partial charge in [-0.3, -0.25) is 4.79 Å². The molecule has 0 radical (unpaired) electrons. The van der Waals surface area contributed by atoms with Crippen LogP contribution in [0.1, 0.15) is 17.3 Å². The standard InChI is InChI=1S/C13H13N3O4S/c17-11(18)10(8-4-2-1-3-5-8)16-12(19)14-6-9-7-21-13(20)15-9/h1-5,7,10H,6H2,(H,15,20)(H,17,18)(H2,14,16,19)/t10-/m0/s1. The quantitative estimate of drug-likeness (QED) is 0.662. The molecule has 7 nitrogen and oxygen atoms in total. The summed E-state index contributed by atoms with van der Waals surface area (Å²) >= 11 is 0.995. The van der Waals surface area contributed by atoms with Gasteiger partial charge in [0, 0.05) is 11.1 Å². The highest BCUT2D eigenvalue weighted by molar-refractivity contribution is 7.07. The topological polar surface area (TPSA) is 111 Å². The van der Waals surface area contributed by atoms with Crippen LogP contribution in [0.2, 0.25) is 0 Å². The number of carboxylic acids is 1. The lowest BCUT2D eigenvalue weighted by molar-refractivity contribution is -0.139. The lowest BCUT2D eigenvalue weighted by Crippen LogP contribution is -2.40. The Balaban J connectivity index is 1.96. The van der Waals surface area contributed by atoms with Crippen LogP contribution in [-0.2, 0) is 11.3 Å². The zero-order chi connectivity index (χ0) is 15.2. The summed E-state index contributed by atoms with van der Waals surface area (Å²) in [6.45, 7) is 0.117. The van der Waals surface area contributed by atoms with E-state index in [1.54, 1.807) is 35.7 Å². The van der Waals surface area contributed by atoms with Crippen molar-refractivity contribution in [2.24, 2.45) is 0 Å². The van der Waals surface area contributed by atoms with Crippen LogP contribution in [0, 0.1) is 0 Å².